The number of halogens is 2. The normalized spacial score (nSPS) is 34.5. The van der Waals surface area contributed by atoms with Gasteiger partial charge < -0.3 is 28.8 Å². The molecule has 0 aromatic rings. The van der Waals surface area contributed by atoms with E-state index in [0.29, 0.717) is 32.1 Å². The first-order valence-corrected chi connectivity index (χ1v) is 14.8. The Bertz CT molecular complexity index is 859. The lowest BCUT2D eigenvalue weighted by Crippen LogP contribution is -2.62. The topological polar surface area (TPSA) is 101 Å². The van der Waals surface area contributed by atoms with E-state index < -0.39 is 36.3 Å². The van der Waals surface area contributed by atoms with Crippen LogP contribution in [0.25, 0.3) is 0 Å². The van der Waals surface area contributed by atoms with Gasteiger partial charge in [0.1, 0.15) is 30.5 Å². The second-order valence-electron chi connectivity index (χ2n) is 10.5. The number of esters is 1. The molecule has 1 N–H and O–H groups in total. The summed E-state index contributed by atoms with van der Waals surface area (Å²) in [6.45, 7) is 3.85. The van der Waals surface area contributed by atoms with Gasteiger partial charge in [0.05, 0.1) is 25.7 Å². The predicted molar refractivity (Wildman–Crippen MR) is 146 cm³/mol. The monoisotopic (exact) mass is 652 g/mol. The van der Waals surface area contributed by atoms with Crippen molar-refractivity contribution in [1.82, 2.24) is 0 Å². The third-order valence-corrected chi connectivity index (χ3v) is 8.51. The van der Waals surface area contributed by atoms with E-state index in [4.69, 9.17) is 35.3 Å². The van der Waals surface area contributed by atoms with Crippen LogP contribution in [-0.2, 0) is 33.3 Å². The van der Waals surface area contributed by atoms with Crippen LogP contribution in [-0.4, -0.2) is 77.9 Å². The van der Waals surface area contributed by atoms with Crippen LogP contribution in [0, 0.1) is 0 Å². The van der Waals surface area contributed by atoms with E-state index in [1.54, 1.807) is 0 Å². The number of aliphatic hydroxyl groups excluding tert-OH is 1. The standard InChI is InChI=1S/C27H38ClIO8/c1-16(29)14-17(28)6-7-18(30)8-10-20(31)23-25-26(37-27(36-25)12-4-3-5-13-27)24-21(35-23)11-9-19(34-24)15-22(32)33-2/h8,10,17,19-21,23-26,31H,1,3-7,9,11-15H2,2H3/b10-8+/t17-,19-,20+,21+,23+,24+,25?,26+/m1/s1. The molecule has 3 heterocycles. The fraction of sp³-hybridized carbons (Fsp3) is 0.778. The molecule has 8 atom stereocenters. The largest absolute Gasteiger partial charge is 0.469 e. The number of hydrogen-bond acceptors (Lipinski definition) is 8. The molecule has 37 heavy (non-hydrogen) atoms. The summed E-state index contributed by atoms with van der Waals surface area (Å²) >= 11 is 8.40. The Morgan fingerprint density at radius 3 is 2.59 bits per heavy atom. The molecule has 8 nitrogen and oxygen atoms in total. The molecule has 4 fully saturated rings. The Hall–Kier alpha value is -0.560. The molecule has 3 saturated heterocycles. The number of aliphatic hydroxyl groups is 1. The lowest BCUT2D eigenvalue weighted by molar-refractivity contribution is -0.250. The number of allylic oxidation sites excluding steroid dienone is 2. The van der Waals surface area contributed by atoms with Crippen molar-refractivity contribution in [1.29, 1.82) is 0 Å². The van der Waals surface area contributed by atoms with Crippen LogP contribution in [0.1, 0.15) is 70.6 Å². The molecule has 208 valence electrons. The van der Waals surface area contributed by atoms with Gasteiger partial charge in [-0.15, -0.1) is 11.6 Å². The summed E-state index contributed by atoms with van der Waals surface area (Å²) in [6, 6.07) is 0. The molecule has 1 aliphatic carbocycles. The van der Waals surface area contributed by atoms with E-state index >= 15 is 0 Å². The smallest absolute Gasteiger partial charge is 0.308 e. The fourth-order valence-corrected chi connectivity index (χ4v) is 6.92. The zero-order chi connectivity index (χ0) is 26.6. The molecular weight excluding hydrogens is 615 g/mol. The number of alkyl halides is 1. The molecule has 3 aliphatic heterocycles. The zero-order valence-electron chi connectivity index (χ0n) is 21.3. The van der Waals surface area contributed by atoms with Crippen LogP contribution >= 0.6 is 34.2 Å². The van der Waals surface area contributed by atoms with E-state index in [0.717, 1.165) is 35.7 Å². The summed E-state index contributed by atoms with van der Waals surface area (Å²) in [7, 11) is 1.37. The molecule has 4 rings (SSSR count). The zero-order valence-corrected chi connectivity index (χ0v) is 24.2. The number of ketones is 1. The van der Waals surface area contributed by atoms with Crippen molar-refractivity contribution < 1.29 is 38.4 Å². The first-order chi connectivity index (χ1) is 17.7. The third kappa shape index (κ3) is 7.55. The summed E-state index contributed by atoms with van der Waals surface area (Å²) in [5, 5.41) is 11.0. The minimum atomic E-state index is -1.05. The van der Waals surface area contributed by atoms with Gasteiger partial charge in [-0.25, -0.2) is 0 Å². The molecule has 1 spiro atoms. The van der Waals surface area contributed by atoms with Crippen molar-refractivity contribution in [3.8, 4) is 0 Å². The van der Waals surface area contributed by atoms with Crippen molar-refractivity contribution >= 4 is 45.9 Å². The molecule has 0 aromatic carbocycles. The van der Waals surface area contributed by atoms with Crippen LogP contribution < -0.4 is 0 Å². The highest BCUT2D eigenvalue weighted by Crippen LogP contribution is 2.48. The molecule has 0 radical (unpaired) electrons. The highest BCUT2D eigenvalue weighted by atomic mass is 127. The van der Waals surface area contributed by atoms with Gasteiger partial charge in [-0.3, -0.25) is 9.59 Å². The lowest BCUT2D eigenvalue weighted by atomic mass is 9.87. The van der Waals surface area contributed by atoms with E-state index in [9.17, 15) is 14.7 Å². The fourth-order valence-electron chi connectivity index (χ4n) is 5.83. The maximum atomic E-state index is 12.4. The second kappa shape index (κ2) is 13.2. The summed E-state index contributed by atoms with van der Waals surface area (Å²) in [4.78, 5) is 24.3. The Morgan fingerprint density at radius 1 is 1.16 bits per heavy atom. The van der Waals surface area contributed by atoms with Gasteiger partial charge in [0.25, 0.3) is 0 Å². The van der Waals surface area contributed by atoms with Crippen molar-refractivity contribution in [2.24, 2.45) is 0 Å². The van der Waals surface area contributed by atoms with E-state index in [1.807, 2.05) is 0 Å². The number of fused-ring (bicyclic) bond motifs is 3. The molecule has 1 unspecified atom stereocenters. The van der Waals surface area contributed by atoms with Gasteiger partial charge in [-0.2, -0.15) is 0 Å². The van der Waals surface area contributed by atoms with Crippen molar-refractivity contribution in [3.63, 3.8) is 0 Å². The maximum absolute atomic E-state index is 12.4. The molecule has 0 amide bonds. The highest BCUT2D eigenvalue weighted by molar-refractivity contribution is 14.1. The number of ether oxygens (including phenoxy) is 5. The second-order valence-corrected chi connectivity index (χ2v) is 12.7. The van der Waals surface area contributed by atoms with Crippen LogP contribution in [0.4, 0.5) is 0 Å². The van der Waals surface area contributed by atoms with Gasteiger partial charge >= 0.3 is 5.97 Å². The van der Waals surface area contributed by atoms with Gasteiger partial charge in [-0.05, 0) is 76.8 Å². The average molecular weight is 653 g/mol. The van der Waals surface area contributed by atoms with E-state index in [1.165, 1.54) is 19.3 Å². The van der Waals surface area contributed by atoms with Gasteiger partial charge in [0.2, 0.25) is 0 Å². The van der Waals surface area contributed by atoms with Crippen LogP contribution in [0.2, 0.25) is 0 Å². The lowest BCUT2D eigenvalue weighted by Gasteiger charge is -2.47. The maximum Gasteiger partial charge on any atom is 0.308 e. The Kier molecular flexibility index (Phi) is 10.5. The first kappa shape index (κ1) is 29.4. The molecule has 4 aliphatic rings. The van der Waals surface area contributed by atoms with Gasteiger partial charge in [0, 0.05) is 24.6 Å². The Balaban J connectivity index is 1.43. The summed E-state index contributed by atoms with van der Waals surface area (Å²) in [5.41, 5.74) is 0. The SMILES string of the molecule is C=C(I)C[C@H](Cl)CCC(=O)/C=C/[C@H](O)[C@@H]1O[C@H]2CC[C@H](CC(=O)OC)O[C@@H]2[C@@H]2OC3(CCCCC3)OC21. The molecule has 10 heteroatoms. The van der Waals surface area contributed by atoms with E-state index in [-0.39, 0.29) is 35.8 Å². The molecule has 0 aromatic heterocycles. The number of carbonyl (C=O) groups excluding carboxylic acids is 2. The quantitative estimate of drug-likeness (QED) is 0.159. The number of carbonyl (C=O) groups is 2. The van der Waals surface area contributed by atoms with Crippen LogP contribution in [0.3, 0.4) is 0 Å². The summed E-state index contributed by atoms with van der Waals surface area (Å²) in [5.74, 6) is -1.13. The average Bonchev–Trinajstić information content (AvgIpc) is 3.24. The molecular formula is C27H38ClIO8. The van der Waals surface area contributed by atoms with Crippen molar-refractivity contribution in [2.45, 2.75) is 125 Å². The molecule has 1 saturated carbocycles. The van der Waals surface area contributed by atoms with Gasteiger partial charge in [0.15, 0.2) is 11.6 Å². The number of methoxy groups -OCH3 is 1. The van der Waals surface area contributed by atoms with Crippen molar-refractivity contribution in [2.75, 3.05) is 7.11 Å². The summed E-state index contributed by atoms with van der Waals surface area (Å²) < 4.78 is 31.5. The first-order valence-electron chi connectivity index (χ1n) is 13.3. The van der Waals surface area contributed by atoms with Crippen molar-refractivity contribution in [3.05, 3.63) is 22.3 Å². The minimum Gasteiger partial charge on any atom is -0.469 e. The minimum absolute atomic E-state index is 0.104. The Labute approximate surface area is 237 Å². The highest BCUT2D eigenvalue weighted by Gasteiger charge is 2.60. The molecule has 0 bridgehead atoms. The van der Waals surface area contributed by atoms with Crippen LogP contribution in [0.5, 0.6) is 0 Å². The predicted octanol–water partition coefficient (Wildman–Crippen LogP) is 4.52. The Morgan fingerprint density at radius 2 is 1.89 bits per heavy atom. The third-order valence-electron chi connectivity index (χ3n) is 7.69. The van der Waals surface area contributed by atoms with Gasteiger partial charge in [-0.1, -0.05) is 13.0 Å². The number of rotatable bonds is 10. The summed E-state index contributed by atoms with van der Waals surface area (Å²) in [6.07, 6.45) is 6.87. The number of hydrogen-bond donors (Lipinski definition) is 1. The van der Waals surface area contributed by atoms with Crippen LogP contribution in [0.15, 0.2) is 22.3 Å². The van der Waals surface area contributed by atoms with E-state index in [2.05, 4.69) is 29.2 Å².